The number of halogens is 3. The van der Waals surface area contributed by atoms with Crippen LogP contribution in [0.3, 0.4) is 0 Å². The molecule has 20 heavy (non-hydrogen) atoms. The zero-order valence-electron chi connectivity index (χ0n) is 9.88. The number of piperidine rings is 1. The van der Waals surface area contributed by atoms with Gasteiger partial charge in [0.25, 0.3) is 0 Å². The fourth-order valence-electron chi connectivity index (χ4n) is 1.27. The van der Waals surface area contributed by atoms with Gasteiger partial charge < -0.3 is 13.2 Å². The third-order valence-corrected chi connectivity index (χ3v) is 3.72. The van der Waals surface area contributed by atoms with Crippen LogP contribution in [0.5, 0.6) is 0 Å². The average Bonchev–Trinajstić information content (AvgIpc) is 2.28. The largest absolute Gasteiger partial charge is 0.441 e. The summed E-state index contributed by atoms with van der Waals surface area (Å²) in [4.78, 5) is 0. The summed E-state index contributed by atoms with van der Waals surface area (Å²) in [6.45, 7) is -1.64. The molecule has 1 rings (SSSR count). The van der Waals surface area contributed by atoms with Crippen molar-refractivity contribution < 1.29 is 34.6 Å². The summed E-state index contributed by atoms with van der Waals surface area (Å²) in [5, 5.41) is 0. The van der Waals surface area contributed by atoms with Crippen LogP contribution in [0.4, 0.5) is 13.2 Å². The number of nitrogens with one attached hydrogen (secondary N) is 1. The molecule has 1 saturated heterocycles. The minimum atomic E-state index is -4.76. The Hall–Kier alpha value is -1.43. The fourth-order valence-corrected chi connectivity index (χ4v) is 2.35. The molecule has 7 nitrogen and oxygen atoms in total. The van der Waals surface area contributed by atoms with E-state index in [1.54, 1.807) is 0 Å². The van der Waals surface area contributed by atoms with Gasteiger partial charge in [-0.1, -0.05) is 6.42 Å². The summed E-state index contributed by atoms with van der Waals surface area (Å²) in [7, 11) is -8.44. The Morgan fingerprint density at radius 1 is 1.10 bits per heavy atom. The molecule has 128 valence electrons. The van der Waals surface area contributed by atoms with Crippen molar-refractivity contribution in [1.82, 2.24) is 9.03 Å². The quantitative estimate of drug-likeness (QED) is 0.288. The summed E-state index contributed by atoms with van der Waals surface area (Å²) in [6.07, 6.45) is 2.72. The van der Waals surface area contributed by atoms with Gasteiger partial charge in [0.2, 0.25) is 0 Å². The van der Waals surface area contributed by atoms with Crippen LogP contribution >= 0.6 is 0 Å². The Balaban J connectivity index is 0. The standard InChI is InChI=1S/C6H11FNO2S.CH2F2NO3S.Fm/c7-6-11(9,10)8-4-2-1-3-5-8;2-1(3)4-8(5,6)7;/h6H,1-5H2;4H,(H,5,6,7);/q2*-1;. The molecule has 0 radical (unpaired) electrons. The first-order chi connectivity index (χ1) is 8.58. The molecule has 0 aromatic rings. The van der Waals surface area contributed by atoms with Gasteiger partial charge in [-0.15, -0.1) is 0 Å². The summed E-state index contributed by atoms with van der Waals surface area (Å²) in [5.74, 6) is 0. The molecule has 1 aliphatic rings. The third-order valence-electron chi connectivity index (χ3n) is 1.99. The molecule has 0 saturated carbocycles. The monoisotopic (exact) mass is 583 g/mol. The Kier molecular flexibility index (Phi) is 9.07. The molecule has 0 unspecified atom stereocenters. The van der Waals surface area contributed by atoms with Crippen LogP contribution < -0.4 is 4.72 Å². The zero-order valence-corrected chi connectivity index (χ0v) is 13.9. The van der Waals surface area contributed by atoms with Crippen LogP contribution in [0.25, 0.3) is 0 Å². The summed E-state index contributed by atoms with van der Waals surface area (Å²) >= 11 is 0. The van der Waals surface area contributed by atoms with Crippen molar-refractivity contribution in [3.05, 3.63) is 12.6 Å². The van der Waals surface area contributed by atoms with Crippen molar-refractivity contribution >= 4 is 20.3 Å². The van der Waals surface area contributed by atoms with Crippen molar-refractivity contribution in [2.24, 2.45) is 0 Å². The van der Waals surface area contributed by atoms with Crippen molar-refractivity contribution in [2.75, 3.05) is 13.1 Å². The van der Waals surface area contributed by atoms with E-state index in [1.165, 1.54) is 4.31 Å². The molecular formula is C7H13F3FmN2O5S2-2. The normalized spacial score (nSPS) is 17.1. The van der Waals surface area contributed by atoms with Gasteiger partial charge >= 0.3 is 10.3 Å². The molecule has 0 spiro atoms. The van der Waals surface area contributed by atoms with Gasteiger partial charge in [-0.25, -0.2) is 12.7 Å². The van der Waals surface area contributed by atoms with Gasteiger partial charge in [0.1, 0.15) is 10.0 Å². The molecule has 0 aliphatic carbocycles. The van der Waals surface area contributed by atoms with Crippen molar-refractivity contribution in [3.63, 3.8) is 0 Å². The van der Waals surface area contributed by atoms with Gasteiger partial charge in [0.05, 0.1) is 6.55 Å². The average molecular weight is 583 g/mol. The van der Waals surface area contributed by atoms with Crippen LogP contribution in [-0.4, -0.2) is 38.8 Å². The number of hydrogen-bond acceptors (Lipinski definition) is 4. The second kappa shape index (κ2) is 8.68. The molecule has 0 aromatic heterocycles. The van der Waals surface area contributed by atoms with Crippen LogP contribution in [0.2, 0.25) is 0 Å². The van der Waals surface area contributed by atoms with Gasteiger partial charge in [0, 0.05) is 13.1 Å². The van der Waals surface area contributed by atoms with Crippen molar-refractivity contribution in [1.29, 1.82) is 0 Å². The van der Waals surface area contributed by atoms with Gasteiger partial charge in [-0.3, -0.25) is 9.27 Å². The van der Waals surface area contributed by atoms with E-state index in [4.69, 9.17) is 4.55 Å². The maximum Gasteiger partial charge on any atom is 0.310 e. The Bertz CT molecular complexity index is 453. The topological polar surface area (TPSA) is 104 Å². The Labute approximate surface area is 109 Å². The third kappa shape index (κ3) is 9.49. The molecule has 13 heteroatoms. The van der Waals surface area contributed by atoms with Crippen LogP contribution in [0, 0.1) is 12.6 Å². The van der Waals surface area contributed by atoms with Crippen LogP contribution in [-0.2, 0) is 20.3 Å². The van der Waals surface area contributed by atoms with Gasteiger partial charge in [0.15, 0.2) is 0 Å². The van der Waals surface area contributed by atoms with E-state index in [9.17, 15) is 30.0 Å². The Morgan fingerprint density at radius 2 is 1.55 bits per heavy atom. The number of nitrogens with zero attached hydrogens (tertiary/aromatic N) is 1. The van der Waals surface area contributed by atoms with E-state index >= 15 is 0 Å². The van der Waals surface area contributed by atoms with E-state index in [0.29, 0.717) is 17.8 Å². The van der Waals surface area contributed by atoms with E-state index < -0.39 is 26.9 Å². The van der Waals surface area contributed by atoms with E-state index in [0.717, 1.165) is 19.3 Å². The van der Waals surface area contributed by atoms with Crippen molar-refractivity contribution in [3.8, 4) is 0 Å². The molecular weight excluding hydrogens is 570 g/mol. The zero-order chi connectivity index (χ0) is 15.1. The maximum absolute atomic E-state index is 11.8. The van der Waals surface area contributed by atoms with Gasteiger partial charge in [-0.2, -0.15) is 8.42 Å². The molecule has 1 heterocycles. The minimum absolute atomic E-state index is 0. The van der Waals surface area contributed by atoms with Gasteiger partial charge in [-0.05, 0) is 18.8 Å². The molecule has 0 amide bonds. The fraction of sp³-hybridized carbons (Fsp3) is 0.714. The predicted octanol–water partition coefficient (Wildman–Crippen LogP) is 0.656. The molecule has 1 fully saturated rings. The van der Waals surface area contributed by atoms with Crippen LogP contribution in [0.1, 0.15) is 19.3 Å². The van der Waals surface area contributed by atoms with Crippen molar-refractivity contribution in [2.45, 2.75) is 19.3 Å². The first kappa shape index (κ1) is 20.9. The first-order valence-corrected chi connectivity index (χ1v) is 7.89. The second-order valence-electron chi connectivity index (χ2n) is 3.43. The second-order valence-corrected chi connectivity index (χ2v) is 6.31. The number of hydrogen-bond donors (Lipinski definition) is 2. The molecule has 1 aliphatic heterocycles. The molecule has 2 N–H and O–H groups in total. The molecule has 0 bridgehead atoms. The van der Waals surface area contributed by atoms with E-state index in [-0.39, 0.29) is 6.01 Å². The summed E-state index contributed by atoms with van der Waals surface area (Å²) < 4.78 is 83.1. The van der Waals surface area contributed by atoms with E-state index in [1.807, 2.05) is 0 Å². The first-order valence-electron chi connectivity index (χ1n) is 4.95. The summed E-state index contributed by atoms with van der Waals surface area (Å²) in [5.41, 5.74) is 0. The smallest absolute Gasteiger partial charge is 0.310 e. The van der Waals surface area contributed by atoms with Crippen LogP contribution in [0.15, 0.2) is 0 Å². The maximum atomic E-state index is 11.8. The summed E-state index contributed by atoms with van der Waals surface area (Å²) in [6, 6.07) is -0.224. The number of sulfonamides is 1. The Morgan fingerprint density at radius 3 is 1.80 bits per heavy atom. The predicted molar refractivity (Wildman–Crippen MR) is 59.9 cm³/mol. The minimum Gasteiger partial charge on any atom is -0.441 e. The molecule has 0 aromatic carbocycles. The van der Waals surface area contributed by atoms with E-state index in [2.05, 4.69) is 0 Å². The molecule has 0 atom stereocenters. The SMILES string of the molecule is O=S(=O)(O)N[C-](F)F.O=S(=O)([CH-]F)N1CCCCC1.[Fm]. The number of rotatable bonds is 4.